The average molecular weight is 487 g/mol. The number of alkyl halides is 2. The summed E-state index contributed by atoms with van der Waals surface area (Å²) < 4.78 is 36.8. The smallest absolute Gasteiger partial charge is 0.276 e. The summed E-state index contributed by atoms with van der Waals surface area (Å²) in [7, 11) is 1.57. The number of carbonyl (C=O) groups excluding carboxylic acids is 1. The second-order valence-electron chi connectivity index (χ2n) is 7.62. The Kier molecular flexibility index (Phi) is 8.51. The number of hydrogen-bond donors (Lipinski definition) is 0. The lowest BCUT2D eigenvalue weighted by molar-refractivity contribution is 0.0472. The maximum absolute atomic E-state index is 12.8. The van der Waals surface area contributed by atoms with E-state index in [2.05, 4.69) is 10.1 Å². The molecule has 1 saturated heterocycles. The number of carbonyl (C=O) groups is 1. The second-order valence-corrected chi connectivity index (χ2v) is 7.62. The lowest BCUT2D eigenvalue weighted by Gasteiger charge is -2.39. The Bertz CT molecular complexity index is 1230. The minimum absolute atomic E-state index is 0.00462. The molecule has 1 aliphatic heterocycles. The van der Waals surface area contributed by atoms with Crippen LogP contribution in [0.2, 0.25) is 0 Å². The minimum atomic E-state index is -2.67. The van der Waals surface area contributed by atoms with Gasteiger partial charge < -0.3 is 14.4 Å². The van der Waals surface area contributed by atoms with E-state index in [0.29, 0.717) is 11.4 Å². The third kappa shape index (κ3) is 5.82. The summed E-state index contributed by atoms with van der Waals surface area (Å²) in [5.41, 5.74) is 2.02. The number of methoxy groups -OCH3 is 1. The zero-order valence-electron chi connectivity index (χ0n) is 20.1. The zero-order valence-corrected chi connectivity index (χ0v) is 20.1. The van der Waals surface area contributed by atoms with Gasteiger partial charge in [0.25, 0.3) is 17.9 Å². The number of aryl methyl sites for hydroxylation is 1. The lowest BCUT2D eigenvalue weighted by atomic mass is 10.1. The van der Waals surface area contributed by atoms with E-state index < -0.39 is 18.9 Å². The van der Waals surface area contributed by atoms with Crippen molar-refractivity contribution in [2.24, 2.45) is 0 Å². The Balaban J connectivity index is 0.00000167. The number of aromatic nitrogens is 3. The predicted molar refractivity (Wildman–Crippen MR) is 127 cm³/mol. The van der Waals surface area contributed by atoms with Crippen molar-refractivity contribution in [2.45, 2.75) is 33.2 Å². The lowest BCUT2D eigenvalue weighted by Crippen LogP contribution is -2.53. The molecule has 8 nitrogen and oxygen atoms in total. The number of nitrogens with zero attached hydrogens (tertiary/aromatic N) is 4. The Morgan fingerprint density at radius 3 is 2.57 bits per heavy atom. The highest BCUT2D eigenvalue weighted by Crippen LogP contribution is 2.30. The summed E-state index contributed by atoms with van der Waals surface area (Å²) in [6.07, 6.45) is -1.27. The van der Waals surface area contributed by atoms with Gasteiger partial charge in [0, 0.05) is 30.9 Å². The van der Waals surface area contributed by atoms with Crippen molar-refractivity contribution >= 4 is 5.91 Å². The van der Waals surface area contributed by atoms with Crippen LogP contribution in [0, 0.1) is 6.92 Å². The standard InChI is InChI=1S/C23H22F2N4O4.C2H6/c1-14-5-6-16(19(10-14)32-2)17-7-8-21(30)29(27-17)15-11-28(12-15)23(31)22-18(4-3-9-26-22)33-13-20(24)25;1-2/h3-10,15,20H,11-13H2,1-2H3;1-2H3. The van der Waals surface area contributed by atoms with E-state index in [9.17, 15) is 18.4 Å². The first kappa shape index (κ1) is 25.8. The molecule has 0 aliphatic carbocycles. The molecule has 1 aromatic carbocycles. The highest BCUT2D eigenvalue weighted by atomic mass is 19.3. The number of benzene rings is 1. The summed E-state index contributed by atoms with van der Waals surface area (Å²) in [4.78, 5) is 30.8. The molecular formula is C25H28F2N4O4. The van der Waals surface area contributed by atoms with Gasteiger partial charge in [0.15, 0.2) is 11.4 Å². The normalized spacial score (nSPS) is 13.1. The van der Waals surface area contributed by atoms with Crippen molar-refractivity contribution in [3.05, 3.63) is 70.3 Å². The monoisotopic (exact) mass is 486 g/mol. The molecule has 0 spiro atoms. The molecule has 0 saturated carbocycles. The van der Waals surface area contributed by atoms with Gasteiger partial charge in [0.2, 0.25) is 0 Å². The Morgan fingerprint density at radius 1 is 1.14 bits per heavy atom. The molecule has 1 fully saturated rings. The van der Waals surface area contributed by atoms with Crippen LogP contribution in [-0.4, -0.2) is 58.8 Å². The van der Waals surface area contributed by atoms with Crippen molar-refractivity contribution in [3.63, 3.8) is 0 Å². The number of halogens is 2. The predicted octanol–water partition coefficient (Wildman–Crippen LogP) is 3.99. The summed E-state index contributed by atoms with van der Waals surface area (Å²) in [5, 5.41) is 4.50. The molecule has 0 bridgehead atoms. The van der Waals surface area contributed by atoms with Gasteiger partial charge in [-0.25, -0.2) is 18.4 Å². The SMILES string of the molecule is CC.COc1cc(C)ccc1-c1ccc(=O)n(C2CN(C(=O)c3ncccc3OCC(F)F)C2)n1. The molecule has 3 heterocycles. The fourth-order valence-corrected chi connectivity index (χ4v) is 3.59. The van der Waals surface area contributed by atoms with Gasteiger partial charge in [-0.05, 0) is 42.8 Å². The molecule has 1 aliphatic rings. The van der Waals surface area contributed by atoms with Crippen LogP contribution in [0.25, 0.3) is 11.3 Å². The molecule has 10 heteroatoms. The highest BCUT2D eigenvalue weighted by Gasteiger charge is 2.35. The molecule has 2 aromatic heterocycles. The van der Waals surface area contributed by atoms with Gasteiger partial charge >= 0.3 is 0 Å². The summed E-state index contributed by atoms with van der Waals surface area (Å²) in [6.45, 7) is 5.57. The van der Waals surface area contributed by atoms with Crippen molar-refractivity contribution in [1.82, 2.24) is 19.7 Å². The van der Waals surface area contributed by atoms with Crippen LogP contribution in [0.15, 0.2) is 53.5 Å². The Hall–Kier alpha value is -3.82. The first-order valence-corrected chi connectivity index (χ1v) is 11.3. The third-order valence-electron chi connectivity index (χ3n) is 5.29. The van der Waals surface area contributed by atoms with Crippen LogP contribution in [0.3, 0.4) is 0 Å². The van der Waals surface area contributed by atoms with Crippen molar-refractivity contribution < 1.29 is 23.0 Å². The fourth-order valence-electron chi connectivity index (χ4n) is 3.59. The maximum atomic E-state index is 12.8. The first-order chi connectivity index (χ1) is 16.9. The summed E-state index contributed by atoms with van der Waals surface area (Å²) in [6, 6.07) is 11.4. The Labute approximate surface area is 202 Å². The number of pyridine rings is 1. The van der Waals surface area contributed by atoms with Gasteiger partial charge in [-0.2, -0.15) is 5.10 Å². The number of rotatable bonds is 7. The molecule has 0 atom stereocenters. The fraction of sp³-hybridized carbons (Fsp3) is 0.360. The first-order valence-electron chi connectivity index (χ1n) is 11.3. The molecule has 186 valence electrons. The number of likely N-dealkylation sites (tertiary alicyclic amines) is 1. The zero-order chi connectivity index (χ0) is 25.5. The van der Waals surface area contributed by atoms with E-state index in [1.807, 2.05) is 39.0 Å². The van der Waals surface area contributed by atoms with Gasteiger partial charge in [0.1, 0.15) is 12.4 Å². The van der Waals surface area contributed by atoms with Crippen LogP contribution < -0.4 is 15.0 Å². The van der Waals surface area contributed by atoms with Crippen LogP contribution in [-0.2, 0) is 0 Å². The second kappa shape index (κ2) is 11.5. The van der Waals surface area contributed by atoms with Gasteiger partial charge in [0.05, 0.1) is 18.8 Å². The molecule has 3 aromatic rings. The Morgan fingerprint density at radius 2 is 1.89 bits per heavy atom. The van der Waals surface area contributed by atoms with Crippen molar-refractivity contribution in [1.29, 1.82) is 0 Å². The van der Waals surface area contributed by atoms with E-state index in [1.54, 1.807) is 13.2 Å². The molecule has 0 N–H and O–H groups in total. The molecule has 0 unspecified atom stereocenters. The number of hydrogen-bond acceptors (Lipinski definition) is 6. The van der Waals surface area contributed by atoms with Crippen molar-refractivity contribution in [3.8, 4) is 22.8 Å². The van der Waals surface area contributed by atoms with E-state index in [0.717, 1.165) is 11.1 Å². The largest absolute Gasteiger partial charge is 0.496 e. The van der Waals surface area contributed by atoms with Gasteiger partial charge in [-0.15, -0.1) is 0 Å². The molecule has 1 amide bonds. The van der Waals surface area contributed by atoms with Gasteiger partial charge in [-0.1, -0.05) is 19.9 Å². The van der Waals surface area contributed by atoms with Crippen LogP contribution in [0.5, 0.6) is 11.5 Å². The minimum Gasteiger partial charge on any atom is -0.496 e. The third-order valence-corrected chi connectivity index (χ3v) is 5.29. The highest BCUT2D eigenvalue weighted by molar-refractivity contribution is 5.95. The summed E-state index contributed by atoms with van der Waals surface area (Å²) in [5.74, 6) is 0.181. The van der Waals surface area contributed by atoms with Crippen LogP contribution >= 0.6 is 0 Å². The van der Waals surface area contributed by atoms with E-state index >= 15 is 0 Å². The van der Waals surface area contributed by atoms with Crippen molar-refractivity contribution in [2.75, 3.05) is 26.8 Å². The van der Waals surface area contributed by atoms with E-state index in [4.69, 9.17) is 9.47 Å². The van der Waals surface area contributed by atoms with Crippen LogP contribution in [0.4, 0.5) is 8.78 Å². The molecule has 35 heavy (non-hydrogen) atoms. The van der Waals surface area contributed by atoms with E-state index in [-0.39, 0.29) is 36.1 Å². The topological polar surface area (TPSA) is 86.6 Å². The molecule has 0 radical (unpaired) electrons. The van der Waals surface area contributed by atoms with E-state index in [1.165, 1.54) is 34.0 Å². The summed E-state index contributed by atoms with van der Waals surface area (Å²) >= 11 is 0. The quantitative estimate of drug-likeness (QED) is 0.502. The number of amides is 1. The average Bonchev–Trinajstić information content (AvgIpc) is 2.84. The molecule has 4 rings (SSSR count). The van der Waals surface area contributed by atoms with Crippen LogP contribution in [0.1, 0.15) is 35.9 Å². The van der Waals surface area contributed by atoms with Gasteiger partial charge in [-0.3, -0.25) is 9.59 Å². The maximum Gasteiger partial charge on any atom is 0.276 e. The molecular weight excluding hydrogens is 458 g/mol. The number of ether oxygens (including phenoxy) is 2.